The molecule has 0 bridgehead atoms. The molecule has 2 heterocycles. The van der Waals surface area contributed by atoms with E-state index in [1.54, 1.807) is 10.9 Å². The van der Waals surface area contributed by atoms with Gasteiger partial charge in [-0.3, -0.25) is 9.78 Å². The van der Waals surface area contributed by atoms with Crippen LogP contribution in [0.3, 0.4) is 0 Å². The van der Waals surface area contributed by atoms with Gasteiger partial charge in [0.1, 0.15) is 11.0 Å². The van der Waals surface area contributed by atoms with Crippen molar-refractivity contribution in [2.45, 2.75) is 19.9 Å². The lowest BCUT2D eigenvalue weighted by atomic mass is 10.4. The van der Waals surface area contributed by atoms with Gasteiger partial charge in [-0.15, -0.1) is 0 Å². The number of nitrogens with one attached hydrogen (secondary N) is 2. The number of hydrogen-bond acceptors (Lipinski definition) is 3. The lowest BCUT2D eigenvalue weighted by Crippen LogP contribution is -2.08. The first-order valence-electron chi connectivity index (χ1n) is 4.40. The van der Waals surface area contributed by atoms with Crippen LogP contribution in [0.4, 0.5) is 0 Å². The number of nitrogens with zero attached hydrogens (tertiary/aromatic N) is 2. The number of aromatic nitrogens is 4. The maximum Gasteiger partial charge on any atom is 0.262 e. The van der Waals surface area contributed by atoms with Crippen molar-refractivity contribution in [1.29, 1.82) is 0 Å². The summed E-state index contributed by atoms with van der Waals surface area (Å²) >= 11 is 4.88. The number of aryl methyl sites for hydroxylation is 1. The Hall–Kier alpha value is -1.43. The highest BCUT2D eigenvalue weighted by Gasteiger charge is 2.05. The monoisotopic (exact) mass is 210 g/mol. The summed E-state index contributed by atoms with van der Waals surface area (Å²) in [5, 5.41) is 4.65. The minimum absolute atomic E-state index is 0.189. The molecule has 0 unspecified atom stereocenters. The molecule has 0 aliphatic rings. The van der Waals surface area contributed by atoms with Crippen LogP contribution in [0.5, 0.6) is 0 Å². The van der Waals surface area contributed by atoms with Gasteiger partial charge in [-0.25, -0.2) is 4.68 Å². The van der Waals surface area contributed by atoms with Crippen LogP contribution in [0, 0.1) is 4.77 Å². The summed E-state index contributed by atoms with van der Waals surface area (Å²) in [6.07, 6.45) is 2.51. The van der Waals surface area contributed by atoms with E-state index < -0.39 is 0 Å². The average Bonchev–Trinajstić information content (AvgIpc) is 2.49. The standard InChI is InChI=1S/C8H10N4OS/c1-2-3-12-6-5(4-9-12)7(13)11-8(14)10-6/h4H,2-3H2,1H3,(H2,10,11,13,14). The molecule has 0 aliphatic carbocycles. The average molecular weight is 210 g/mol. The lowest BCUT2D eigenvalue weighted by Gasteiger charge is -1.99. The molecule has 0 aliphatic heterocycles. The molecule has 0 saturated carbocycles. The molecular formula is C8H10N4OS. The van der Waals surface area contributed by atoms with E-state index in [4.69, 9.17) is 12.2 Å². The Morgan fingerprint density at radius 1 is 1.57 bits per heavy atom. The molecule has 0 spiro atoms. The Morgan fingerprint density at radius 2 is 2.36 bits per heavy atom. The highest BCUT2D eigenvalue weighted by Crippen LogP contribution is 2.05. The van der Waals surface area contributed by atoms with Gasteiger partial charge in [-0.1, -0.05) is 6.92 Å². The van der Waals surface area contributed by atoms with E-state index >= 15 is 0 Å². The van der Waals surface area contributed by atoms with Gasteiger partial charge < -0.3 is 4.98 Å². The number of hydrogen-bond donors (Lipinski definition) is 2. The molecule has 2 aromatic heterocycles. The van der Waals surface area contributed by atoms with Gasteiger partial charge in [0, 0.05) is 6.54 Å². The van der Waals surface area contributed by atoms with Gasteiger partial charge in [0.2, 0.25) is 0 Å². The Bertz CT molecular complexity index is 564. The Morgan fingerprint density at radius 3 is 3.07 bits per heavy atom. The molecule has 0 atom stereocenters. The van der Waals surface area contributed by atoms with Crippen LogP contribution in [0.2, 0.25) is 0 Å². The Balaban J connectivity index is 2.79. The minimum atomic E-state index is -0.189. The van der Waals surface area contributed by atoms with Crippen LogP contribution >= 0.6 is 12.2 Å². The van der Waals surface area contributed by atoms with Crippen molar-refractivity contribution in [3.05, 3.63) is 21.3 Å². The van der Waals surface area contributed by atoms with E-state index in [-0.39, 0.29) is 5.56 Å². The SMILES string of the molecule is CCCn1ncc2c(=O)[nH]c(=S)[nH]c21. The first-order chi connectivity index (χ1) is 6.72. The van der Waals surface area contributed by atoms with E-state index in [1.165, 1.54) is 0 Å². The third kappa shape index (κ3) is 1.37. The summed E-state index contributed by atoms with van der Waals surface area (Å²) < 4.78 is 2.08. The molecule has 14 heavy (non-hydrogen) atoms. The third-order valence-corrected chi connectivity index (χ3v) is 2.18. The topological polar surface area (TPSA) is 66.5 Å². The van der Waals surface area contributed by atoms with E-state index in [9.17, 15) is 4.79 Å². The molecule has 0 aromatic carbocycles. The zero-order chi connectivity index (χ0) is 10.1. The van der Waals surface area contributed by atoms with Crippen molar-refractivity contribution >= 4 is 23.3 Å². The maximum absolute atomic E-state index is 11.4. The molecular weight excluding hydrogens is 200 g/mol. The fraction of sp³-hybridized carbons (Fsp3) is 0.375. The van der Waals surface area contributed by atoms with Gasteiger partial charge in [-0.2, -0.15) is 5.10 Å². The molecule has 2 rings (SSSR count). The van der Waals surface area contributed by atoms with Crippen LogP contribution in [-0.2, 0) is 6.54 Å². The van der Waals surface area contributed by atoms with Crippen molar-refractivity contribution in [2.24, 2.45) is 0 Å². The molecule has 2 N–H and O–H groups in total. The lowest BCUT2D eigenvalue weighted by molar-refractivity contribution is 0.616. The minimum Gasteiger partial charge on any atom is -0.317 e. The van der Waals surface area contributed by atoms with E-state index in [0.29, 0.717) is 15.8 Å². The summed E-state index contributed by atoms with van der Waals surface area (Å²) in [6, 6.07) is 0. The van der Waals surface area contributed by atoms with Crippen LogP contribution in [-0.4, -0.2) is 19.7 Å². The summed E-state index contributed by atoms with van der Waals surface area (Å²) in [5.41, 5.74) is 0.506. The predicted octanol–water partition coefficient (Wildman–Crippen LogP) is 1.19. The molecule has 5 nitrogen and oxygen atoms in total. The maximum atomic E-state index is 11.4. The summed E-state index contributed by atoms with van der Waals surface area (Å²) in [5.74, 6) is 0. The molecule has 6 heteroatoms. The van der Waals surface area contributed by atoms with Crippen molar-refractivity contribution in [3.8, 4) is 0 Å². The molecule has 0 radical (unpaired) electrons. The van der Waals surface area contributed by atoms with E-state index in [1.807, 2.05) is 0 Å². The van der Waals surface area contributed by atoms with Crippen molar-refractivity contribution in [2.75, 3.05) is 0 Å². The second-order valence-corrected chi connectivity index (χ2v) is 3.45. The zero-order valence-corrected chi connectivity index (χ0v) is 8.52. The van der Waals surface area contributed by atoms with Crippen LogP contribution < -0.4 is 5.56 Å². The second kappa shape index (κ2) is 3.38. The van der Waals surface area contributed by atoms with Gasteiger partial charge in [0.15, 0.2) is 4.77 Å². The van der Waals surface area contributed by atoms with Gasteiger partial charge in [0.25, 0.3) is 5.56 Å². The van der Waals surface area contributed by atoms with E-state index in [2.05, 4.69) is 22.0 Å². The molecule has 0 saturated heterocycles. The third-order valence-electron chi connectivity index (χ3n) is 1.98. The zero-order valence-electron chi connectivity index (χ0n) is 7.70. The number of aromatic amines is 2. The molecule has 0 amide bonds. The Kier molecular flexibility index (Phi) is 2.20. The van der Waals surface area contributed by atoms with E-state index in [0.717, 1.165) is 13.0 Å². The van der Waals surface area contributed by atoms with Crippen LogP contribution in [0.15, 0.2) is 11.0 Å². The highest BCUT2D eigenvalue weighted by atomic mass is 32.1. The quantitative estimate of drug-likeness (QED) is 0.732. The first kappa shape index (κ1) is 9.14. The Labute approximate surface area is 84.8 Å². The van der Waals surface area contributed by atoms with Crippen molar-refractivity contribution in [3.63, 3.8) is 0 Å². The number of rotatable bonds is 2. The number of H-pyrrole nitrogens is 2. The number of fused-ring (bicyclic) bond motifs is 1. The molecule has 2 aromatic rings. The van der Waals surface area contributed by atoms with Crippen molar-refractivity contribution < 1.29 is 0 Å². The highest BCUT2D eigenvalue weighted by molar-refractivity contribution is 7.71. The summed E-state index contributed by atoms with van der Waals surface area (Å²) in [6.45, 7) is 2.83. The predicted molar refractivity (Wildman–Crippen MR) is 55.8 cm³/mol. The first-order valence-corrected chi connectivity index (χ1v) is 4.81. The fourth-order valence-electron chi connectivity index (χ4n) is 1.37. The van der Waals surface area contributed by atoms with Gasteiger partial charge in [-0.05, 0) is 18.6 Å². The second-order valence-electron chi connectivity index (χ2n) is 3.04. The summed E-state index contributed by atoms with van der Waals surface area (Å²) in [4.78, 5) is 16.9. The normalized spacial score (nSPS) is 10.9. The smallest absolute Gasteiger partial charge is 0.262 e. The van der Waals surface area contributed by atoms with Crippen LogP contribution in [0.25, 0.3) is 11.0 Å². The van der Waals surface area contributed by atoms with Gasteiger partial charge in [0.05, 0.1) is 6.20 Å². The molecule has 74 valence electrons. The fourth-order valence-corrected chi connectivity index (χ4v) is 1.56. The van der Waals surface area contributed by atoms with Crippen molar-refractivity contribution in [1.82, 2.24) is 19.7 Å². The summed E-state index contributed by atoms with van der Waals surface area (Å²) in [7, 11) is 0. The molecule has 0 fully saturated rings. The largest absolute Gasteiger partial charge is 0.317 e. The van der Waals surface area contributed by atoms with Gasteiger partial charge >= 0.3 is 0 Å². The van der Waals surface area contributed by atoms with Crippen LogP contribution in [0.1, 0.15) is 13.3 Å².